The first-order chi connectivity index (χ1) is 16.3. The van der Waals surface area contributed by atoms with E-state index in [0.717, 1.165) is 25.9 Å². The Morgan fingerprint density at radius 3 is 0.939 bits per heavy atom. The fourth-order valence-corrected chi connectivity index (χ4v) is 4.53. The van der Waals surface area contributed by atoms with Gasteiger partial charge in [-0.1, -0.05) is 143 Å². The second-order valence-corrected chi connectivity index (χ2v) is 10.2. The monoisotopic (exact) mass is 469 g/mol. The lowest BCUT2D eigenvalue weighted by atomic mass is 10.1. The number of nitrogens with one attached hydrogen (secondary N) is 2. The zero-order valence-electron chi connectivity index (χ0n) is 23.5. The van der Waals surface area contributed by atoms with E-state index in [4.69, 9.17) is 4.74 Å². The molecule has 0 aliphatic rings. The van der Waals surface area contributed by atoms with Crippen LogP contribution in [-0.2, 0) is 4.74 Å². The lowest BCUT2D eigenvalue weighted by Crippen LogP contribution is -2.41. The Hall–Kier alpha value is -0.120. The topological polar surface area (TPSA) is 33.3 Å². The van der Waals surface area contributed by atoms with Gasteiger partial charge in [-0.15, -0.1) is 0 Å². The smallest absolute Gasteiger partial charge is 0.109 e. The van der Waals surface area contributed by atoms with Gasteiger partial charge in [0.1, 0.15) is 12.5 Å². The Morgan fingerprint density at radius 2 is 0.667 bits per heavy atom. The van der Waals surface area contributed by atoms with Crippen molar-refractivity contribution in [1.82, 2.24) is 10.6 Å². The van der Waals surface area contributed by atoms with Crippen LogP contribution in [0.5, 0.6) is 0 Å². The van der Waals surface area contributed by atoms with E-state index in [0.29, 0.717) is 0 Å². The van der Waals surface area contributed by atoms with E-state index in [9.17, 15) is 0 Å². The Labute approximate surface area is 210 Å². The van der Waals surface area contributed by atoms with Crippen molar-refractivity contribution in [2.45, 2.75) is 181 Å². The largest absolute Gasteiger partial charge is 0.345 e. The molecule has 2 N–H and O–H groups in total. The summed E-state index contributed by atoms with van der Waals surface area (Å²) in [4.78, 5) is 0. The van der Waals surface area contributed by atoms with Crippen molar-refractivity contribution in [2.24, 2.45) is 0 Å². The molecule has 0 radical (unpaired) electrons. The molecular formula is C30H64N2O. The highest BCUT2D eigenvalue weighted by atomic mass is 16.5. The summed E-state index contributed by atoms with van der Waals surface area (Å²) in [5, 5.41) is 7.28. The fourth-order valence-electron chi connectivity index (χ4n) is 4.53. The van der Waals surface area contributed by atoms with Gasteiger partial charge in [0.15, 0.2) is 0 Å². The van der Waals surface area contributed by atoms with Crippen LogP contribution in [0.3, 0.4) is 0 Å². The lowest BCUT2D eigenvalue weighted by molar-refractivity contribution is -0.0495. The average molecular weight is 469 g/mol. The Bertz CT molecular complexity index is 318. The maximum atomic E-state index is 6.31. The second-order valence-electron chi connectivity index (χ2n) is 10.2. The molecule has 0 saturated carbocycles. The fraction of sp³-hybridized carbons (Fsp3) is 1.00. The quantitative estimate of drug-likeness (QED) is 0.0885. The highest BCUT2D eigenvalue weighted by molar-refractivity contribution is 4.61. The van der Waals surface area contributed by atoms with Gasteiger partial charge >= 0.3 is 0 Å². The third-order valence-corrected chi connectivity index (χ3v) is 6.87. The molecule has 0 bridgehead atoms. The molecule has 2 unspecified atom stereocenters. The number of hydrogen-bond donors (Lipinski definition) is 2. The van der Waals surface area contributed by atoms with E-state index in [1.165, 1.54) is 128 Å². The first-order valence-corrected chi connectivity index (χ1v) is 15.4. The number of hydrogen-bond acceptors (Lipinski definition) is 3. The highest BCUT2D eigenvalue weighted by Crippen LogP contribution is 2.12. The van der Waals surface area contributed by atoms with Crippen LogP contribution in [0.1, 0.15) is 169 Å². The van der Waals surface area contributed by atoms with E-state index < -0.39 is 0 Å². The van der Waals surface area contributed by atoms with Crippen LogP contribution >= 0.6 is 0 Å². The Kier molecular flexibility index (Phi) is 28.0. The molecule has 0 aromatic heterocycles. The maximum absolute atomic E-state index is 6.31. The van der Waals surface area contributed by atoms with Crippen LogP contribution in [0.2, 0.25) is 0 Å². The summed E-state index contributed by atoms with van der Waals surface area (Å²) in [5.74, 6) is 0. The SMILES string of the molecule is CCCCCCCCCCCCNC(CC)OC(CC)NCCCCCCCCCCCC. The molecule has 0 spiro atoms. The van der Waals surface area contributed by atoms with E-state index in [1.54, 1.807) is 0 Å². The summed E-state index contributed by atoms with van der Waals surface area (Å²) >= 11 is 0. The Morgan fingerprint density at radius 1 is 0.394 bits per heavy atom. The molecule has 3 heteroatoms. The third-order valence-electron chi connectivity index (χ3n) is 6.87. The minimum atomic E-state index is 0.189. The van der Waals surface area contributed by atoms with Crippen molar-refractivity contribution in [3.8, 4) is 0 Å². The van der Waals surface area contributed by atoms with E-state index in [-0.39, 0.29) is 12.5 Å². The molecule has 0 aromatic carbocycles. The minimum absolute atomic E-state index is 0.189. The van der Waals surface area contributed by atoms with Crippen LogP contribution in [0, 0.1) is 0 Å². The van der Waals surface area contributed by atoms with Crippen LogP contribution in [0.4, 0.5) is 0 Å². The average Bonchev–Trinajstić information content (AvgIpc) is 2.83. The van der Waals surface area contributed by atoms with Crippen molar-refractivity contribution in [1.29, 1.82) is 0 Å². The van der Waals surface area contributed by atoms with Gasteiger partial charge in [-0.25, -0.2) is 0 Å². The van der Waals surface area contributed by atoms with Crippen LogP contribution < -0.4 is 10.6 Å². The molecule has 0 aliphatic heterocycles. The minimum Gasteiger partial charge on any atom is -0.345 e. The van der Waals surface area contributed by atoms with Gasteiger partial charge < -0.3 is 4.74 Å². The van der Waals surface area contributed by atoms with Gasteiger partial charge in [-0.05, 0) is 38.8 Å². The van der Waals surface area contributed by atoms with Gasteiger partial charge in [0, 0.05) is 0 Å². The van der Waals surface area contributed by atoms with Crippen molar-refractivity contribution >= 4 is 0 Å². The summed E-state index contributed by atoms with van der Waals surface area (Å²) in [6.45, 7) is 11.2. The van der Waals surface area contributed by atoms with Gasteiger partial charge in [0.25, 0.3) is 0 Å². The van der Waals surface area contributed by atoms with Gasteiger partial charge in [-0.2, -0.15) is 0 Å². The molecule has 0 aromatic rings. The van der Waals surface area contributed by atoms with Crippen molar-refractivity contribution < 1.29 is 4.74 Å². The molecule has 0 rings (SSSR count). The molecule has 2 atom stereocenters. The normalized spacial score (nSPS) is 13.5. The summed E-state index contributed by atoms with van der Waals surface area (Å²) in [6, 6.07) is 0. The molecule has 0 aliphatic carbocycles. The zero-order valence-corrected chi connectivity index (χ0v) is 23.5. The zero-order chi connectivity index (χ0) is 24.2. The Balaban J connectivity index is 3.57. The van der Waals surface area contributed by atoms with Crippen molar-refractivity contribution in [3.05, 3.63) is 0 Å². The number of unbranched alkanes of at least 4 members (excludes halogenated alkanes) is 18. The standard InChI is InChI=1S/C30H64N2O/c1-5-9-11-13-15-17-19-21-23-25-27-31-29(7-3)33-30(8-4)32-28-26-24-22-20-18-16-14-12-10-6-2/h29-32H,5-28H2,1-4H3. The van der Waals surface area contributed by atoms with E-state index in [1.807, 2.05) is 0 Å². The summed E-state index contributed by atoms with van der Waals surface area (Å²) in [6.07, 6.45) is 30.4. The molecule has 0 fully saturated rings. The molecule has 0 heterocycles. The first kappa shape index (κ1) is 32.9. The molecular weight excluding hydrogens is 404 g/mol. The van der Waals surface area contributed by atoms with Crippen LogP contribution in [-0.4, -0.2) is 25.5 Å². The van der Waals surface area contributed by atoms with Crippen molar-refractivity contribution in [3.63, 3.8) is 0 Å². The summed E-state index contributed by atoms with van der Waals surface area (Å²) in [7, 11) is 0. The third kappa shape index (κ3) is 24.8. The number of ether oxygens (including phenoxy) is 1. The van der Waals surface area contributed by atoms with E-state index >= 15 is 0 Å². The number of rotatable bonds is 28. The van der Waals surface area contributed by atoms with Crippen LogP contribution in [0.15, 0.2) is 0 Å². The molecule has 33 heavy (non-hydrogen) atoms. The predicted octanol–water partition coefficient (Wildman–Crippen LogP) is 9.50. The van der Waals surface area contributed by atoms with E-state index in [2.05, 4.69) is 38.3 Å². The molecule has 3 nitrogen and oxygen atoms in total. The second kappa shape index (κ2) is 28.1. The van der Waals surface area contributed by atoms with Gasteiger partial charge in [0.2, 0.25) is 0 Å². The maximum Gasteiger partial charge on any atom is 0.109 e. The molecule has 200 valence electrons. The van der Waals surface area contributed by atoms with Gasteiger partial charge in [-0.3, -0.25) is 10.6 Å². The molecule has 0 amide bonds. The van der Waals surface area contributed by atoms with Crippen molar-refractivity contribution in [2.75, 3.05) is 13.1 Å². The summed E-state index contributed by atoms with van der Waals surface area (Å²) in [5.41, 5.74) is 0. The highest BCUT2D eigenvalue weighted by Gasteiger charge is 2.12. The molecule has 0 saturated heterocycles. The van der Waals surface area contributed by atoms with Crippen LogP contribution in [0.25, 0.3) is 0 Å². The van der Waals surface area contributed by atoms with Gasteiger partial charge in [0.05, 0.1) is 0 Å². The lowest BCUT2D eigenvalue weighted by Gasteiger charge is -2.25. The summed E-state index contributed by atoms with van der Waals surface area (Å²) < 4.78 is 6.31. The first-order valence-electron chi connectivity index (χ1n) is 15.4. The predicted molar refractivity (Wildman–Crippen MR) is 149 cm³/mol.